The number of halogens is 5. The fourth-order valence-corrected chi connectivity index (χ4v) is 2.84. The molecule has 0 spiro atoms. The van der Waals surface area contributed by atoms with Crippen LogP contribution in [0.1, 0.15) is 33.5 Å². The average Bonchev–Trinajstić information content (AvgIpc) is 3.02. The Balaban J connectivity index is 2.14. The maximum atomic E-state index is 13.0. The van der Waals surface area contributed by atoms with Crippen LogP contribution < -0.4 is 5.32 Å². The lowest BCUT2D eigenvalue weighted by Gasteiger charge is -2.10. The Labute approximate surface area is 159 Å². The summed E-state index contributed by atoms with van der Waals surface area (Å²) >= 11 is 11.9. The van der Waals surface area contributed by atoms with Crippen LogP contribution >= 0.6 is 23.2 Å². The summed E-state index contributed by atoms with van der Waals surface area (Å²) in [5.41, 5.74) is -1.61. The Bertz CT molecular complexity index is 1060. The SMILES string of the molecule is CC(=O)c1ccc(C(=O)Nc2c(Cl)cncc2Cl)c2cc(C(F)(F)F)nn12. The van der Waals surface area contributed by atoms with Crippen LogP contribution in [0, 0.1) is 0 Å². The first-order chi connectivity index (χ1) is 12.6. The van der Waals surface area contributed by atoms with E-state index < -0.39 is 23.6 Å². The number of alkyl halides is 3. The number of ketones is 1. The van der Waals surface area contributed by atoms with Crippen LogP contribution in [0.25, 0.3) is 5.52 Å². The van der Waals surface area contributed by atoms with Crippen LogP contribution in [0.4, 0.5) is 18.9 Å². The van der Waals surface area contributed by atoms with Crippen molar-refractivity contribution in [1.82, 2.24) is 14.6 Å². The van der Waals surface area contributed by atoms with Crippen LogP contribution in [0.5, 0.6) is 0 Å². The summed E-state index contributed by atoms with van der Waals surface area (Å²) in [6, 6.07) is 3.14. The number of anilines is 1. The molecule has 11 heteroatoms. The van der Waals surface area contributed by atoms with E-state index in [0.717, 1.165) is 4.52 Å². The summed E-state index contributed by atoms with van der Waals surface area (Å²) in [6.45, 7) is 1.18. The van der Waals surface area contributed by atoms with Crippen molar-refractivity contribution in [2.24, 2.45) is 0 Å². The summed E-state index contributed by atoms with van der Waals surface area (Å²) < 4.78 is 39.9. The van der Waals surface area contributed by atoms with Gasteiger partial charge in [-0.2, -0.15) is 18.3 Å². The highest BCUT2D eigenvalue weighted by Gasteiger charge is 2.35. The standard InChI is InChI=1S/C16H9Cl2F3N4O2/c1-7(26)11-3-2-8(12-4-13(16(19,20)21)24-25(11)12)15(27)23-14-9(17)5-22-6-10(14)18/h2-6H,1H3,(H,22,23,27). The van der Waals surface area contributed by atoms with Gasteiger partial charge >= 0.3 is 6.18 Å². The molecule has 27 heavy (non-hydrogen) atoms. The summed E-state index contributed by atoms with van der Waals surface area (Å²) in [5, 5.41) is 5.96. The molecular formula is C16H9Cl2F3N4O2. The summed E-state index contributed by atoms with van der Waals surface area (Å²) in [5.74, 6) is -1.29. The zero-order chi connectivity index (χ0) is 19.9. The molecule has 3 heterocycles. The van der Waals surface area contributed by atoms with Gasteiger partial charge in [0.15, 0.2) is 11.5 Å². The number of pyridine rings is 2. The number of hydrogen-bond acceptors (Lipinski definition) is 4. The third-order valence-electron chi connectivity index (χ3n) is 3.61. The number of nitrogens with one attached hydrogen (secondary N) is 1. The minimum atomic E-state index is -4.74. The molecule has 0 radical (unpaired) electrons. The fraction of sp³-hybridized carbons (Fsp3) is 0.125. The number of rotatable bonds is 3. The predicted molar refractivity (Wildman–Crippen MR) is 92.4 cm³/mol. The first-order valence-corrected chi connectivity index (χ1v) is 8.06. The van der Waals surface area contributed by atoms with Crippen molar-refractivity contribution in [2.75, 3.05) is 5.32 Å². The Morgan fingerprint density at radius 1 is 1.15 bits per heavy atom. The van der Waals surface area contributed by atoms with Gasteiger partial charge < -0.3 is 5.32 Å². The molecule has 3 rings (SSSR count). The molecule has 1 amide bonds. The van der Waals surface area contributed by atoms with Crippen LogP contribution in [0.2, 0.25) is 10.0 Å². The monoisotopic (exact) mass is 416 g/mol. The molecule has 0 aliphatic rings. The second-order valence-electron chi connectivity index (χ2n) is 5.45. The molecule has 0 saturated carbocycles. The third-order valence-corrected chi connectivity index (χ3v) is 4.18. The van der Waals surface area contributed by atoms with Crippen molar-refractivity contribution in [3.8, 4) is 0 Å². The molecule has 140 valence electrons. The first kappa shape index (κ1) is 19.1. The summed E-state index contributed by atoms with van der Waals surface area (Å²) in [6.07, 6.45) is -2.25. The molecule has 0 unspecified atom stereocenters. The largest absolute Gasteiger partial charge is 0.435 e. The smallest absolute Gasteiger partial charge is 0.319 e. The number of hydrogen-bond donors (Lipinski definition) is 1. The molecule has 0 aliphatic carbocycles. The van der Waals surface area contributed by atoms with Crippen LogP contribution in [-0.4, -0.2) is 26.3 Å². The third kappa shape index (κ3) is 3.60. The van der Waals surface area contributed by atoms with Gasteiger partial charge in [-0.15, -0.1) is 0 Å². The van der Waals surface area contributed by atoms with E-state index in [0.29, 0.717) is 6.07 Å². The van der Waals surface area contributed by atoms with Gasteiger partial charge in [-0.1, -0.05) is 23.2 Å². The maximum absolute atomic E-state index is 13.0. The van der Waals surface area contributed by atoms with Crippen molar-refractivity contribution >= 4 is 46.1 Å². The van der Waals surface area contributed by atoms with Crippen LogP contribution in [-0.2, 0) is 6.18 Å². The molecule has 0 saturated heterocycles. The number of Topliss-reactive ketones (excluding diaryl/α,β-unsaturated/α-hetero) is 1. The summed E-state index contributed by atoms with van der Waals surface area (Å²) in [4.78, 5) is 28.1. The highest BCUT2D eigenvalue weighted by atomic mass is 35.5. The molecule has 3 aromatic rings. The van der Waals surface area contributed by atoms with Crippen molar-refractivity contribution in [1.29, 1.82) is 0 Å². The van der Waals surface area contributed by atoms with Gasteiger partial charge in [-0.3, -0.25) is 14.6 Å². The number of aromatic nitrogens is 3. The Kier molecular flexibility index (Phi) is 4.83. The molecule has 0 aromatic carbocycles. The lowest BCUT2D eigenvalue weighted by molar-refractivity contribution is -0.141. The van der Waals surface area contributed by atoms with E-state index in [1.165, 1.54) is 31.5 Å². The van der Waals surface area contributed by atoms with E-state index in [1.54, 1.807) is 0 Å². The van der Waals surface area contributed by atoms with Gasteiger partial charge in [0.25, 0.3) is 5.91 Å². The fourth-order valence-electron chi connectivity index (χ4n) is 2.38. The predicted octanol–water partition coefficient (Wildman–Crippen LogP) is 4.51. The van der Waals surface area contributed by atoms with Crippen molar-refractivity contribution in [3.63, 3.8) is 0 Å². The molecule has 1 N–H and O–H groups in total. The number of fused-ring (bicyclic) bond motifs is 1. The number of nitrogens with zero attached hydrogens (tertiary/aromatic N) is 3. The van der Waals surface area contributed by atoms with Crippen molar-refractivity contribution in [3.05, 3.63) is 57.6 Å². The van der Waals surface area contributed by atoms with Gasteiger partial charge in [-0.05, 0) is 18.2 Å². The molecule has 0 bridgehead atoms. The second-order valence-corrected chi connectivity index (χ2v) is 6.26. The highest BCUT2D eigenvalue weighted by Crippen LogP contribution is 2.32. The van der Waals surface area contributed by atoms with E-state index in [1.807, 2.05) is 0 Å². The van der Waals surface area contributed by atoms with Gasteiger partial charge in [0.05, 0.1) is 26.8 Å². The first-order valence-electron chi connectivity index (χ1n) is 7.31. The molecule has 0 atom stereocenters. The van der Waals surface area contributed by atoms with E-state index in [2.05, 4.69) is 15.4 Å². The molecule has 3 aromatic heterocycles. The molecular weight excluding hydrogens is 408 g/mol. The zero-order valence-corrected chi connectivity index (χ0v) is 14.9. The minimum Gasteiger partial charge on any atom is -0.319 e. The zero-order valence-electron chi connectivity index (χ0n) is 13.4. The molecule has 0 aliphatic heterocycles. The van der Waals surface area contributed by atoms with Crippen LogP contribution in [0.15, 0.2) is 30.6 Å². The Morgan fingerprint density at radius 2 is 1.78 bits per heavy atom. The molecule has 0 fully saturated rings. The lowest BCUT2D eigenvalue weighted by Crippen LogP contribution is -2.15. The maximum Gasteiger partial charge on any atom is 0.435 e. The topological polar surface area (TPSA) is 76.4 Å². The van der Waals surface area contributed by atoms with Gasteiger partial charge in [0, 0.05) is 19.3 Å². The van der Waals surface area contributed by atoms with Gasteiger partial charge in [0.1, 0.15) is 5.69 Å². The quantitative estimate of drug-likeness (QED) is 0.637. The van der Waals surface area contributed by atoms with E-state index in [4.69, 9.17) is 23.2 Å². The van der Waals surface area contributed by atoms with E-state index in [9.17, 15) is 22.8 Å². The normalized spacial score (nSPS) is 11.6. The molecule has 6 nitrogen and oxygen atoms in total. The summed E-state index contributed by atoms with van der Waals surface area (Å²) in [7, 11) is 0. The van der Waals surface area contributed by atoms with E-state index >= 15 is 0 Å². The van der Waals surface area contributed by atoms with Crippen molar-refractivity contribution < 1.29 is 22.8 Å². The number of amides is 1. The van der Waals surface area contributed by atoms with Gasteiger partial charge in [-0.25, -0.2) is 4.52 Å². The highest BCUT2D eigenvalue weighted by molar-refractivity contribution is 6.39. The van der Waals surface area contributed by atoms with Crippen LogP contribution in [0.3, 0.4) is 0 Å². The van der Waals surface area contributed by atoms with E-state index in [-0.39, 0.29) is 32.5 Å². The second kappa shape index (κ2) is 6.82. The van der Waals surface area contributed by atoms with Crippen molar-refractivity contribution in [2.45, 2.75) is 13.1 Å². The van der Waals surface area contributed by atoms with Gasteiger partial charge in [0.2, 0.25) is 0 Å². The average molecular weight is 417 g/mol. The Hall–Kier alpha value is -2.65. The number of carbonyl (C=O) groups is 2. The Morgan fingerprint density at radius 3 is 2.33 bits per heavy atom. The lowest BCUT2D eigenvalue weighted by atomic mass is 10.1. The number of carbonyl (C=O) groups excluding carboxylic acids is 2. The minimum absolute atomic E-state index is 0.0525.